The maximum absolute atomic E-state index is 12.9. The number of hydrogen-bond acceptors (Lipinski definition) is 4. The Kier molecular flexibility index (Phi) is 3.02. The molecule has 2 heterocycles. The fourth-order valence-electron chi connectivity index (χ4n) is 2.84. The van der Waals surface area contributed by atoms with E-state index >= 15 is 0 Å². The molecular formula is C17H10BrNO4. The van der Waals surface area contributed by atoms with Gasteiger partial charge in [0.2, 0.25) is 5.76 Å². The van der Waals surface area contributed by atoms with Crippen LogP contribution in [0.4, 0.5) is 0 Å². The Morgan fingerprint density at radius 2 is 1.96 bits per heavy atom. The highest BCUT2D eigenvalue weighted by molar-refractivity contribution is 9.10. The number of benzene rings is 2. The first-order chi connectivity index (χ1) is 11.0. The minimum atomic E-state index is -0.635. The SMILES string of the molecule is O=C1N[C@@H](c2cccc(O)c2)c2c1oc1ccc(Br)cc1c2=O. The highest BCUT2D eigenvalue weighted by Gasteiger charge is 2.35. The van der Waals surface area contributed by atoms with Crippen LogP contribution in [0.2, 0.25) is 0 Å². The van der Waals surface area contributed by atoms with Crippen molar-refractivity contribution in [2.24, 2.45) is 0 Å². The summed E-state index contributed by atoms with van der Waals surface area (Å²) in [6.45, 7) is 0. The average Bonchev–Trinajstić information content (AvgIpc) is 2.86. The van der Waals surface area contributed by atoms with Gasteiger partial charge < -0.3 is 14.8 Å². The summed E-state index contributed by atoms with van der Waals surface area (Å²) in [6.07, 6.45) is 0. The van der Waals surface area contributed by atoms with E-state index in [1.54, 1.807) is 30.3 Å². The second-order valence-electron chi connectivity index (χ2n) is 5.32. The Balaban J connectivity index is 2.01. The van der Waals surface area contributed by atoms with Crippen LogP contribution in [0.1, 0.15) is 27.7 Å². The van der Waals surface area contributed by atoms with Gasteiger partial charge in [-0.2, -0.15) is 0 Å². The molecule has 1 aromatic heterocycles. The van der Waals surface area contributed by atoms with E-state index in [-0.39, 0.29) is 22.5 Å². The van der Waals surface area contributed by atoms with Gasteiger partial charge in [0.05, 0.1) is 17.0 Å². The van der Waals surface area contributed by atoms with Gasteiger partial charge in [0.1, 0.15) is 11.3 Å². The molecule has 0 saturated heterocycles. The summed E-state index contributed by atoms with van der Waals surface area (Å²) in [4.78, 5) is 25.0. The van der Waals surface area contributed by atoms with Crippen molar-refractivity contribution in [2.75, 3.05) is 0 Å². The molecule has 2 aromatic carbocycles. The number of carbonyl (C=O) groups excluding carboxylic acids is 1. The predicted molar refractivity (Wildman–Crippen MR) is 87.6 cm³/mol. The molecule has 6 heteroatoms. The van der Waals surface area contributed by atoms with E-state index in [1.165, 1.54) is 12.1 Å². The molecule has 1 amide bonds. The molecule has 0 radical (unpaired) electrons. The third kappa shape index (κ3) is 2.14. The quantitative estimate of drug-likeness (QED) is 0.688. The molecule has 1 aliphatic rings. The lowest BCUT2D eigenvalue weighted by molar-refractivity contribution is 0.0938. The second kappa shape index (κ2) is 4.96. The number of fused-ring (bicyclic) bond motifs is 2. The fourth-order valence-corrected chi connectivity index (χ4v) is 3.20. The van der Waals surface area contributed by atoms with Gasteiger partial charge in [-0.3, -0.25) is 9.59 Å². The number of carbonyl (C=O) groups is 1. The van der Waals surface area contributed by atoms with E-state index in [4.69, 9.17) is 4.42 Å². The van der Waals surface area contributed by atoms with Crippen LogP contribution in [0, 0.1) is 0 Å². The lowest BCUT2D eigenvalue weighted by Gasteiger charge is -2.11. The van der Waals surface area contributed by atoms with Crippen LogP contribution in [0.3, 0.4) is 0 Å². The van der Waals surface area contributed by atoms with Crippen LogP contribution < -0.4 is 10.7 Å². The van der Waals surface area contributed by atoms with Crippen LogP contribution in [-0.2, 0) is 0 Å². The molecule has 0 fully saturated rings. The second-order valence-corrected chi connectivity index (χ2v) is 6.23. The van der Waals surface area contributed by atoms with Crippen molar-refractivity contribution in [3.63, 3.8) is 0 Å². The fraction of sp³-hybridized carbons (Fsp3) is 0.0588. The molecule has 5 nitrogen and oxygen atoms in total. The van der Waals surface area contributed by atoms with Crippen molar-refractivity contribution < 1.29 is 14.3 Å². The van der Waals surface area contributed by atoms with Crippen LogP contribution in [0.15, 0.2) is 56.1 Å². The van der Waals surface area contributed by atoms with Crippen molar-refractivity contribution in [3.05, 3.63) is 74.0 Å². The summed E-state index contributed by atoms with van der Waals surface area (Å²) in [5.74, 6) is -0.341. The van der Waals surface area contributed by atoms with Gasteiger partial charge in [0, 0.05) is 4.47 Å². The van der Waals surface area contributed by atoms with E-state index in [0.717, 1.165) is 4.47 Å². The zero-order chi connectivity index (χ0) is 16.1. The number of amides is 1. The van der Waals surface area contributed by atoms with Crippen molar-refractivity contribution >= 4 is 32.8 Å². The predicted octanol–water partition coefficient (Wildman–Crippen LogP) is 3.09. The Labute approximate surface area is 138 Å². The molecule has 114 valence electrons. The van der Waals surface area contributed by atoms with Crippen LogP contribution >= 0.6 is 15.9 Å². The van der Waals surface area contributed by atoms with Gasteiger partial charge >= 0.3 is 0 Å². The molecule has 1 aliphatic heterocycles. The molecule has 4 rings (SSSR count). The van der Waals surface area contributed by atoms with Crippen molar-refractivity contribution in [1.82, 2.24) is 5.32 Å². The molecule has 3 aromatic rings. The van der Waals surface area contributed by atoms with Crippen LogP contribution in [-0.4, -0.2) is 11.0 Å². The van der Waals surface area contributed by atoms with E-state index < -0.39 is 11.9 Å². The Morgan fingerprint density at radius 1 is 1.13 bits per heavy atom. The summed E-state index contributed by atoms with van der Waals surface area (Å²) in [5, 5.41) is 12.8. The highest BCUT2D eigenvalue weighted by atomic mass is 79.9. The third-order valence-electron chi connectivity index (χ3n) is 3.86. The van der Waals surface area contributed by atoms with E-state index in [1.807, 2.05) is 0 Å². The number of halogens is 1. The first-order valence-corrected chi connectivity index (χ1v) is 7.70. The van der Waals surface area contributed by atoms with Gasteiger partial charge in [-0.15, -0.1) is 0 Å². The summed E-state index contributed by atoms with van der Waals surface area (Å²) in [5.41, 5.74) is 1.00. The average molecular weight is 372 g/mol. The molecule has 0 spiro atoms. The summed E-state index contributed by atoms with van der Waals surface area (Å²) < 4.78 is 6.39. The topological polar surface area (TPSA) is 79.5 Å². The molecular weight excluding hydrogens is 362 g/mol. The Morgan fingerprint density at radius 3 is 2.74 bits per heavy atom. The molecule has 0 unspecified atom stereocenters. The number of aromatic hydroxyl groups is 1. The molecule has 2 N–H and O–H groups in total. The lowest BCUT2D eigenvalue weighted by atomic mass is 9.99. The third-order valence-corrected chi connectivity index (χ3v) is 4.35. The molecule has 23 heavy (non-hydrogen) atoms. The monoisotopic (exact) mass is 371 g/mol. The maximum atomic E-state index is 12.9. The normalized spacial score (nSPS) is 16.4. The summed E-state index contributed by atoms with van der Waals surface area (Å²) >= 11 is 3.33. The lowest BCUT2D eigenvalue weighted by Crippen LogP contribution is -2.21. The van der Waals surface area contributed by atoms with Crippen LogP contribution in [0.5, 0.6) is 5.75 Å². The molecule has 1 atom stereocenters. The largest absolute Gasteiger partial charge is 0.508 e. The molecule has 0 aliphatic carbocycles. The number of phenols is 1. The first-order valence-electron chi connectivity index (χ1n) is 6.90. The van der Waals surface area contributed by atoms with Crippen molar-refractivity contribution in [1.29, 1.82) is 0 Å². The summed E-state index contributed by atoms with van der Waals surface area (Å²) in [6, 6.07) is 10.9. The Bertz CT molecular complexity index is 1020. The summed E-state index contributed by atoms with van der Waals surface area (Å²) in [7, 11) is 0. The highest BCUT2D eigenvalue weighted by Crippen LogP contribution is 2.32. The van der Waals surface area contributed by atoms with Crippen molar-refractivity contribution in [2.45, 2.75) is 6.04 Å². The van der Waals surface area contributed by atoms with Gasteiger partial charge in [-0.25, -0.2) is 0 Å². The number of phenolic OH excluding ortho intramolecular Hbond substituents is 1. The first kappa shape index (κ1) is 14.0. The number of nitrogens with one attached hydrogen (secondary N) is 1. The maximum Gasteiger partial charge on any atom is 0.288 e. The molecule has 0 bridgehead atoms. The van der Waals surface area contributed by atoms with Gasteiger partial charge in [-0.05, 0) is 35.9 Å². The number of rotatable bonds is 1. The minimum absolute atomic E-state index is 0.0261. The van der Waals surface area contributed by atoms with Gasteiger partial charge in [-0.1, -0.05) is 28.1 Å². The zero-order valence-electron chi connectivity index (χ0n) is 11.7. The molecule has 0 saturated carbocycles. The van der Waals surface area contributed by atoms with Crippen LogP contribution in [0.25, 0.3) is 11.0 Å². The Hall–Kier alpha value is -2.60. The van der Waals surface area contributed by atoms with E-state index in [0.29, 0.717) is 16.5 Å². The minimum Gasteiger partial charge on any atom is -0.508 e. The van der Waals surface area contributed by atoms with E-state index in [2.05, 4.69) is 21.2 Å². The standard InChI is InChI=1S/C17H10BrNO4/c18-9-4-5-12-11(7-9)15(21)13-14(19-17(22)16(13)23-12)8-2-1-3-10(20)6-8/h1-7,14,20H,(H,19,22)/t14-/m0/s1. The van der Waals surface area contributed by atoms with E-state index in [9.17, 15) is 14.7 Å². The zero-order valence-corrected chi connectivity index (χ0v) is 13.3. The van der Waals surface area contributed by atoms with Gasteiger partial charge in [0.25, 0.3) is 5.91 Å². The smallest absolute Gasteiger partial charge is 0.288 e. The van der Waals surface area contributed by atoms with Crippen molar-refractivity contribution in [3.8, 4) is 5.75 Å². The van der Waals surface area contributed by atoms with Gasteiger partial charge in [0.15, 0.2) is 5.43 Å². The number of hydrogen-bond donors (Lipinski definition) is 2.